The number of amides is 1. The Bertz CT molecular complexity index is 628. The van der Waals surface area contributed by atoms with Crippen molar-refractivity contribution in [2.24, 2.45) is 0 Å². The summed E-state index contributed by atoms with van der Waals surface area (Å²) >= 11 is 7.78. The fourth-order valence-electron chi connectivity index (χ4n) is 1.53. The Labute approximate surface area is 128 Å². The molecule has 0 aromatic heterocycles. The van der Waals surface area contributed by atoms with Gasteiger partial charge in [0, 0.05) is 19.8 Å². The highest BCUT2D eigenvalue weighted by molar-refractivity contribution is 14.1. The second kappa shape index (κ2) is 5.75. The fraction of sp³-hybridized carbons (Fsp3) is 0. The second-order valence-electron chi connectivity index (χ2n) is 3.85. The smallest absolute Gasteiger partial charge is 0.255 e. The van der Waals surface area contributed by atoms with Crippen LogP contribution >= 0.6 is 34.2 Å². The van der Waals surface area contributed by atoms with Crippen molar-refractivity contribution in [2.45, 2.75) is 0 Å². The first-order valence-electron chi connectivity index (χ1n) is 5.28. The van der Waals surface area contributed by atoms with E-state index in [0.29, 0.717) is 25.5 Å². The van der Waals surface area contributed by atoms with Gasteiger partial charge in [0.15, 0.2) is 0 Å². The summed E-state index contributed by atoms with van der Waals surface area (Å²) in [5.41, 5.74) is 6.92. The summed E-state index contributed by atoms with van der Waals surface area (Å²) in [5, 5.41) is 3.07. The van der Waals surface area contributed by atoms with E-state index in [-0.39, 0.29) is 11.7 Å². The number of benzene rings is 2. The summed E-state index contributed by atoms with van der Waals surface area (Å²) in [7, 11) is 0. The van der Waals surface area contributed by atoms with Gasteiger partial charge in [-0.1, -0.05) is 11.6 Å². The summed E-state index contributed by atoms with van der Waals surface area (Å²) in [6.07, 6.45) is 0. The monoisotopic (exact) mass is 390 g/mol. The van der Waals surface area contributed by atoms with Gasteiger partial charge in [-0.2, -0.15) is 0 Å². The maximum Gasteiger partial charge on any atom is 0.255 e. The molecule has 0 saturated heterocycles. The van der Waals surface area contributed by atoms with Crippen molar-refractivity contribution in [2.75, 3.05) is 11.1 Å². The molecule has 0 aliphatic rings. The first-order valence-corrected chi connectivity index (χ1v) is 6.74. The van der Waals surface area contributed by atoms with E-state index in [9.17, 15) is 9.18 Å². The summed E-state index contributed by atoms with van der Waals surface area (Å²) in [6, 6.07) is 8.72. The van der Waals surface area contributed by atoms with E-state index in [1.807, 2.05) is 22.6 Å². The van der Waals surface area contributed by atoms with E-state index in [1.165, 1.54) is 30.3 Å². The van der Waals surface area contributed by atoms with Crippen LogP contribution in [0.1, 0.15) is 10.4 Å². The molecule has 2 aromatic carbocycles. The summed E-state index contributed by atoms with van der Waals surface area (Å²) in [6.45, 7) is 0. The Morgan fingerprint density at radius 1 is 1.26 bits per heavy atom. The van der Waals surface area contributed by atoms with Crippen LogP contribution in [0.5, 0.6) is 0 Å². The molecule has 3 N–H and O–H groups in total. The third-order valence-electron chi connectivity index (χ3n) is 2.36. The van der Waals surface area contributed by atoms with Crippen LogP contribution in [0.25, 0.3) is 0 Å². The van der Waals surface area contributed by atoms with Crippen molar-refractivity contribution in [3.8, 4) is 0 Å². The van der Waals surface area contributed by atoms with Gasteiger partial charge >= 0.3 is 0 Å². The lowest BCUT2D eigenvalue weighted by molar-refractivity contribution is 0.102. The van der Waals surface area contributed by atoms with E-state index in [1.54, 1.807) is 6.07 Å². The lowest BCUT2D eigenvalue weighted by atomic mass is 10.2. The number of carbonyl (C=O) groups is 1. The van der Waals surface area contributed by atoms with Gasteiger partial charge in [-0.3, -0.25) is 4.79 Å². The lowest BCUT2D eigenvalue weighted by Gasteiger charge is -2.08. The van der Waals surface area contributed by atoms with Crippen molar-refractivity contribution in [1.82, 2.24) is 0 Å². The van der Waals surface area contributed by atoms with Crippen molar-refractivity contribution in [1.29, 1.82) is 0 Å². The molecule has 0 spiro atoms. The maximum atomic E-state index is 13.0. The number of anilines is 2. The van der Waals surface area contributed by atoms with Crippen LogP contribution in [0, 0.1) is 9.39 Å². The molecular formula is C13H9ClFIN2O. The average Bonchev–Trinajstić information content (AvgIpc) is 2.31. The third-order valence-corrected chi connectivity index (χ3v) is 3.47. The molecule has 0 aliphatic heterocycles. The standard InChI is InChI=1S/C13H9ClFIN2O/c14-8-3-7(4-10(17)5-8)13(19)18-12-2-1-9(15)6-11(12)16/h1-6H,17H2,(H,18,19). The molecule has 6 heteroatoms. The predicted molar refractivity (Wildman–Crippen MR) is 82.9 cm³/mol. The molecule has 98 valence electrons. The van der Waals surface area contributed by atoms with Gasteiger partial charge in [-0.25, -0.2) is 4.39 Å². The number of halogens is 3. The van der Waals surface area contributed by atoms with Crippen molar-refractivity contribution >= 4 is 51.5 Å². The number of nitrogens with two attached hydrogens (primary N) is 1. The molecule has 0 aliphatic carbocycles. The Morgan fingerprint density at radius 2 is 2.00 bits per heavy atom. The normalized spacial score (nSPS) is 10.3. The average molecular weight is 391 g/mol. The number of nitrogen functional groups attached to an aromatic ring is 1. The van der Waals surface area contributed by atoms with Crippen LogP contribution in [0.3, 0.4) is 0 Å². The number of hydrogen-bond donors (Lipinski definition) is 2. The summed E-state index contributed by atoms with van der Waals surface area (Å²) < 4.78 is 13.6. The zero-order chi connectivity index (χ0) is 14.0. The molecular weight excluding hydrogens is 382 g/mol. The molecule has 19 heavy (non-hydrogen) atoms. The molecule has 0 radical (unpaired) electrons. The molecule has 2 aromatic rings. The number of rotatable bonds is 2. The predicted octanol–water partition coefficient (Wildman–Crippen LogP) is 3.92. The minimum absolute atomic E-state index is 0.348. The summed E-state index contributed by atoms with van der Waals surface area (Å²) in [5.74, 6) is -0.701. The van der Waals surface area contributed by atoms with Crippen molar-refractivity contribution < 1.29 is 9.18 Å². The van der Waals surface area contributed by atoms with E-state index in [4.69, 9.17) is 17.3 Å². The van der Waals surface area contributed by atoms with E-state index < -0.39 is 0 Å². The minimum Gasteiger partial charge on any atom is -0.399 e. The Balaban J connectivity index is 2.25. The first kappa shape index (κ1) is 14.1. The number of hydrogen-bond acceptors (Lipinski definition) is 2. The van der Waals surface area contributed by atoms with Gasteiger partial charge in [0.2, 0.25) is 0 Å². The van der Waals surface area contributed by atoms with Crippen LogP contribution < -0.4 is 11.1 Å². The molecule has 0 heterocycles. The van der Waals surface area contributed by atoms with Gasteiger partial charge in [-0.05, 0) is 59.0 Å². The van der Waals surface area contributed by atoms with Gasteiger partial charge in [-0.15, -0.1) is 0 Å². The number of carbonyl (C=O) groups excluding carboxylic acids is 1. The lowest BCUT2D eigenvalue weighted by Crippen LogP contribution is -2.13. The zero-order valence-corrected chi connectivity index (χ0v) is 12.5. The van der Waals surface area contributed by atoms with E-state index >= 15 is 0 Å². The topological polar surface area (TPSA) is 55.1 Å². The third kappa shape index (κ3) is 3.57. The van der Waals surface area contributed by atoms with E-state index in [2.05, 4.69) is 5.32 Å². The Hall–Kier alpha value is -1.34. The molecule has 0 saturated carbocycles. The molecule has 3 nitrogen and oxygen atoms in total. The largest absolute Gasteiger partial charge is 0.399 e. The molecule has 2 rings (SSSR count). The maximum absolute atomic E-state index is 13.0. The first-order chi connectivity index (χ1) is 8.95. The molecule has 0 atom stereocenters. The fourth-order valence-corrected chi connectivity index (χ4v) is 2.38. The SMILES string of the molecule is Nc1cc(Cl)cc(C(=O)Nc2ccc(F)cc2I)c1. The quantitative estimate of drug-likeness (QED) is 0.603. The minimum atomic E-state index is -0.352. The van der Waals surface area contributed by atoms with Crippen LogP contribution in [0.2, 0.25) is 5.02 Å². The van der Waals surface area contributed by atoms with Gasteiger partial charge < -0.3 is 11.1 Å². The van der Waals surface area contributed by atoms with Gasteiger partial charge in [0.25, 0.3) is 5.91 Å². The van der Waals surface area contributed by atoms with Crippen molar-refractivity contribution in [3.63, 3.8) is 0 Å². The van der Waals surface area contributed by atoms with Crippen LogP contribution in [0.4, 0.5) is 15.8 Å². The summed E-state index contributed by atoms with van der Waals surface area (Å²) in [4.78, 5) is 12.0. The molecule has 0 unspecified atom stereocenters. The second-order valence-corrected chi connectivity index (χ2v) is 5.45. The van der Waals surface area contributed by atoms with Crippen LogP contribution in [-0.4, -0.2) is 5.91 Å². The van der Waals surface area contributed by atoms with Crippen molar-refractivity contribution in [3.05, 3.63) is 56.4 Å². The number of nitrogens with one attached hydrogen (secondary N) is 1. The van der Waals surface area contributed by atoms with E-state index in [0.717, 1.165) is 0 Å². The highest BCUT2D eigenvalue weighted by Gasteiger charge is 2.10. The van der Waals surface area contributed by atoms with Gasteiger partial charge in [0.05, 0.1) is 5.69 Å². The highest BCUT2D eigenvalue weighted by atomic mass is 127. The molecule has 0 fully saturated rings. The zero-order valence-electron chi connectivity index (χ0n) is 9.58. The Morgan fingerprint density at radius 3 is 2.63 bits per heavy atom. The van der Waals surface area contributed by atoms with Crippen LogP contribution in [0.15, 0.2) is 36.4 Å². The highest BCUT2D eigenvalue weighted by Crippen LogP contribution is 2.21. The Kier molecular flexibility index (Phi) is 4.26. The van der Waals surface area contributed by atoms with Crippen LogP contribution in [-0.2, 0) is 0 Å². The molecule has 1 amide bonds. The molecule has 0 bridgehead atoms. The van der Waals surface area contributed by atoms with Gasteiger partial charge in [0.1, 0.15) is 5.82 Å².